The Kier molecular flexibility index (Phi) is 5.24. The van der Waals surface area contributed by atoms with Gasteiger partial charge in [-0.3, -0.25) is 14.4 Å². The van der Waals surface area contributed by atoms with E-state index in [1.54, 1.807) is 12.1 Å². The lowest BCUT2D eigenvalue weighted by Gasteiger charge is -2.09. The molecule has 4 aromatic rings. The molecule has 4 N–H and O–H groups in total. The highest BCUT2D eigenvalue weighted by Gasteiger charge is 2.10. The number of hydrogen-bond acceptors (Lipinski definition) is 6. The molecule has 0 spiro atoms. The molecule has 0 saturated heterocycles. The zero-order valence-electron chi connectivity index (χ0n) is 14.7. The van der Waals surface area contributed by atoms with E-state index >= 15 is 0 Å². The monoisotopic (exact) mass is 412 g/mol. The van der Waals surface area contributed by atoms with Gasteiger partial charge in [0.15, 0.2) is 11.0 Å². The zero-order valence-corrected chi connectivity index (χ0v) is 16.3. The third kappa shape index (κ3) is 4.30. The molecule has 28 heavy (non-hydrogen) atoms. The third-order valence-electron chi connectivity index (χ3n) is 3.80. The lowest BCUT2D eigenvalue weighted by atomic mass is 10.2. The first-order valence-corrected chi connectivity index (χ1v) is 10.2. The van der Waals surface area contributed by atoms with Crippen molar-refractivity contribution in [3.8, 4) is 0 Å². The van der Waals surface area contributed by atoms with E-state index in [0.29, 0.717) is 22.5 Å². The summed E-state index contributed by atoms with van der Waals surface area (Å²) in [5, 5.41) is 11.8. The molecule has 8 nitrogen and oxygen atoms in total. The predicted octanol–water partition coefficient (Wildman–Crippen LogP) is 4.10. The van der Waals surface area contributed by atoms with E-state index in [1.807, 2.05) is 49.4 Å². The van der Waals surface area contributed by atoms with Crippen LogP contribution in [0.25, 0.3) is 10.9 Å². The van der Waals surface area contributed by atoms with E-state index in [2.05, 4.69) is 30.2 Å². The van der Waals surface area contributed by atoms with Crippen LogP contribution in [0.3, 0.4) is 0 Å². The normalized spacial score (nSPS) is 12.1. The molecular formula is C18H16N6O2S2. The Morgan fingerprint density at radius 3 is 2.61 bits per heavy atom. The average Bonchev–Trinajstić information content (AvgIpc) is 3.08. The highest BCUT2D eigenvalue weighted by Crippen LogP contribution is 2.31. The van der Waals surface area contributed by atoms with Gasteiger partial charge in [-0.15, -0.1) is 0 Å². The first-order chi connectivity index (χ1) is 13.6. The largest absolute Gasteiger partial charge is 0.323 e. The molecule has 0 aliphatic carbocycles. The van der Waals surface area contributed by atoms with Crippen molar-refractivity contribution in [3.63, 3.8) is 0 Å². The van der Waals surface area contributed by atoms with Crippen LogP contribution in [0.1, 0.15) is 5.69 Å². The maximum absolute atomic E-state index is 10.8. The molecule has 2 aromatic carbocycles. The molecule has 142 valence electrons. The van der Waals surface area contributed by atoms with Gasteiger partial charge in [-0.05, 0) is 55.1 Å². The van der Waals surface area contributed by atoms with Crippen molar-refractivity contribution in [2.24, 2.45) is 0 Å². The van der Waals surface area contributed by atoms with Crippen LogP contribution in [0.5, 0.6) is 0 Å². The van der Waals surface area contributed by atoms with E-state index in [1.165, 1.54) is 11.8 Å². The van der Waals surface area contributed by atoms with E-state index in [4.69, 9.17) is 4.55 Å². The summed E-state index contributed by atoms with van der Waals surface area (Å²) in [4.78, 5) is 10.2. The van der Waals surface area contributed by atoms with Crippen LogP contribution in [0, 0.1) is 6.92 Å². The molecule has 0 saturated carbocycles. The predicted molar refractivity (Wildman–Crippen MR) is 111 cm³/mol. The fourth-order valence-electron chi connectivity index (χ4n) is 2.60. The Labute approximate surface area is 167 Å². The highest BCUT2D eigenvalue weighted by atomic mass is 32.2. The van der Waals surface area contributed by atoms with Crippen LogP contribution >= 0.6 is 11.8 Å². The number of para-hydroxylation sites is 1. The maximum atomic E-state index is 10.8. The minimum absolute atomic E-state index is 0.556. The number of benzene rings is 2. The lowest BCUT2D eigenvalue weighted by Crippen LogP contribution is -2.01. The molecule has 0 aliphatic rings. The van der Waals surface area contributed by atoms with Gasteiger partial charge in [0.2, 0.25) is 0 Å². The van der Waals surface area contributed by atoms with Gasteiger partial charge in [0.05, 0.1) is 5.52 Å². The minimum atomic E-state index is -2.10. The summed E-state index contributed by atoms with van der Waals surface area (Å²) in [6.07, 6.45) is 0. The molecular weight excluding hydrogens is 396 g/mol. The standard InChI is InChI=1S/C18H16N6O2S2/c1-11-10-16(23-22-11)20-17-14-4-2-3-5-15(14)19-18(21-17)27-13-8-6-12(7-9-13)24-28(25)26/h2-10,24H,1H3,(H,25,26)(H2,19,20,21,22,23). The van der Waals surface area contributed by atoms with Gasteiger partial charge in [0, 0.05) is 27.7 Å². The molecule has 2 aromatic heterocycles. The molecule has 10 heteroatoms. The highest BCUT2D eigenvalue weighted by molar-refractivity contribution is 7.99. The van der Waals surface area contributed by atoms with Crippen LogP contribution in [-0.2, 0) is 11.3 Å². The summed E-state index contributed by atoms with van der Waals surface area (Å²) in [6.45, 7) is 1.93. The van der Waals surface area contributed by atoms with Crippen molar-refractivity contribution < 1.29 is 8.76 Å². The first kappa shape index (κ1) is 18.4. The second kappa shape index (κ2) is 7.97. The summed E-state index contributed by atoms with van der Waals surface area (Å²) in [7, 11) is 0. The third-order valence-corrected chi connectivity index (χ3v) is 5.09. The molecule has 0 bridgehead atoms. The summed E-state index contributed by atoms with van der Waals surface area (Å²) in [6, 6.07) is 16.8. The van der Waals surface area contributed by atoms with Crippen LogP contribution in [0.2, 0.25) is 0 Å². The van der Waals surface area contributed by atoms with Crippen molar-refractivity contribution in [2.75, 3.05) is 10.0 Å². The van der Waals surface area contributed by atoms with Crippen molar-refractivity contribution >= 4 is 51.3 Å². The topological polar surface area (TPSA) is 116 Å². The van der Waals surface area contributed by atoms with Gasteiger partial charge in [0.1, 0.15) is 5.82 Å². The van der Waals surface area contributed by atoms with Crippen molar-refractivity contribution in [2.45, 2.75) is 17.0 Å². The second-order valence-corrected chi connectivity index (χ2v) is 7.65. The van der Waals surface area contributed by atoms with E-state index < -0.39 is 11.3 Å². The summed E-state index contributed by atoms with van der Waals surface area (Å²) in [5.74, 6) is 1.36. The van der Waals surface area contributed by atoms with E-state index in [0.717, 1.165) is 21.5 Å². The smallest absolute Gasteiger partial charge is 0.259 e. The van der Waals surface area contributed by atoms with Crippen molar-refractivity contribution in [3.05, 3.63) is 60.3 Å². The SMILES string of the molecule is Cc1cc(Nc2nc(Sc3ccc(NS(=O)O)cc3)nc3ccccc23)n[nH]1. The van der Waals surface area contributed by atoms with Gasteiger partial charge >= 0.3 is 0 Å². The number of hydrogen-bond donors (Lipinski definition) is 4. The van der Waals surface area contributed by atoms with Gasteiger partial charge in [-0.1, -0.05) is 12.1 Å². The molecule has 0 amide bonds. The number of fused-ring (bicyclic) bond motifs is 1. The van der Waals surface area contributed by atoms with Gasteiger partial charge in [-0.2, -0.15) is 5.10 Å². The Morgan fingerprint density at radius 1 is 1.11 bits per heavy atom. The number of nitrogens with zero attached hydrogens (tertiary/aromatic N) is 3. The number of rotatable bonds is 6. The Hall–Kier alpha value is -2.95. The quantitative estimate of drug-likeness (QED) is 0.278. The number of H-pyrrole nitrogens is 1. The molecule has 0 aliphatic heterocycles. The Morgan fingerprint density at radius 2 is 1.89 bits per heavy atom. The average molecular weight is 413 g/mol. The van der Waals surface area contributed by atoms with Gasteiger partial charge in [0.25, 0.3) is 11.3 Å². The molecule has 2 heterocycles. The van der Waals surface area contributed by atoms with Crippen molar-refractivity contribution in [1.29, 1.82) is 0 Å². The van der Waals surface area contributed by atoms with Crippen LogP contribution in [0.15, 0.2) is 64.6 Å². The molecule has 1 atom stereocenters. The van der Waals surface area contributed by atoms with Crippen LogP contribution in [-0.4, -0.2) is 28.9 Å². The lowest BCUT2D eigenvalue weighted by molar-refractivity contribution is 0.570. The fourth-order valence-corrected chi connectivity index (χ4v) is 3.70. The first-order valence-electron chi connectivity index (χ1n) is 8.28. The number of nitrogens with one attached hydrogen (secondary N) is 3. The fraction of sp³-hybridized carbons (Fsp3) is 0.0556. The Bertz CT molecular complexity index is 1150. The van der Waals surface area contributed by atoms with Gasteiger partial charge < -0.3 is 5.32 Å². The molecule has 0 radical (unpaired) electrons. The van der Waals surface area contributed by atoms with E-state index in [9.17, 15) is 4.21 Å². The Balaban J connectivity index is 1.64. The molecule has 4 rings (SSSR count). The van der Waals surface area contributed by atoms with Crippen LogP contribution < -0.4 is 10.0 Å². The van der Waals surface area contributed by atoms with Crippen molar-refractivity contribution in [1.82, 2.24) is 20.2 Å². The maximum Gasteiger partial charge on any atom is 0.259 e. The zero-order chi connectivity index (χ0) is 19.5. The summed E-state index contributed by atoms with van der Waals surface area (Å²) >= 11 is -0.693. The molecule has 1 unspecified atom stereocenters. The number of aromatic amines is 1. The second-order valence-electron chi connectivity index (χ2n) is 5.91. The number of anilines is 3. The minimum Gasteiger partial charge on any atom is -0.323 e. The summed E-state index contributed by atoms with van der Waals surface area (Å²) in [5.41, 5.74) is 2.33. The van der Waals surface area contributed by atoms with Gasteiger partial charge in [-0.25, -0.2) is 14.2 Å². The molecule has 0 fully saturated rings. The summed E-state index contributed by atoms with van der Waals surface area (Å²) < 4.78 is 22.1. The number of aryl methyl sites for hydroxylation is 1. The number of aromatic nitrogens is 4. The van der Waals surface area contributed by atoms with E-state index in [-0.39, 0.29) is 0 Å². The van der Waals surface area contributed by atoms with Crippen LogP contribution in [0.4, 0.5) is 17.3 Å².